The van der Waals surface area contributed by atoms with Crippen molar-refractivity contribution < 1.29 is 142 Å². The Kier molecular flexibility index (Phi) is 65.9. The molecular formula is C103H168N16O30. The van der Waals surface area contributed by atoms with Crippen molar-refractivity contribution in [1.29, 1.82) is 0 Å². The van der Waals surface area contributed by atoms with Crippen molar-refractivity contribution in [1.82, 2.24) is 60.1 Å². The number of hydrogen-bond acceptors (Lipinski definition) is 40. The Balaban J connectivity index is 0.000000331. The predicted molar refractivity (Wildman–Crippen MR) is 557 cm³/mol. The van der Waals surface area contributed by atoms with Gasteiger partial charge in [0.15, 0.2) is 0 Å². The number of rotatable bonds is 92. The minimum atomic E-state index is -0.330. The maximum Gasteiger partial charge on any atom is 0.253 e. The third-order valence-corrected chi connectivity index (χ3v) is 23.9. The van der Waals surface area contributed by atoms with Crippen molar-refractivity contribution in [2.24, 2.45) is 5.92 Å². The van der Waals surface area contributed by atoms with E-state index in [1.807, 2.05) is 0 Å². The molecule has 3 saturated heterocycles. The van der Waals surface area contributed by atoms with Crippen LogP contribution in [0.15, 0.2) is 48.6 Å². The number of nitrogens with two attached hydrogens (primary N) is 2. The van der Waals surface area contributed by atoms with Gasteiger partial charge in [-0.15, -0.1) is 0 Å². The number of nitrogens with zero attached hydrogens (tertiary/aromatic N) is 10. The van der Waals surface area contributed by atoms with Gasteiger partial charge in [0, 0.05) is 151 Å². The number of ether oxygens (including phenoxy) is 24. The summed E-state index contributed by atoms with van der Waals surface area (Å²) in [4.78, 5) is 108. The topological polar surface area (TPSA) is 503 Å². The molecule has 0 spiro atoms. The number of aryl methyl sites for hydroxylation is 2. The molecule has 3 fully saturated rings. The second-order valence-electron chi connectivity index (χ2n) is 35.1. The lowest BCUT2D eigenvalue weighted by Crippen LogP contribution is -2.47. The first kappa shape index (κ1) is 124. The molecule has 840 valence electrons. The third kappa shape index (κ3) is 52.2. The lowest BCUT2D eigenvalue weighted by Gasteiger charge is -2.36. The van der Waals surface area contributed by atoms with Crippen molar-refractivity contribution >= 4 is 102 Å². The highest BCUT2D eigenvalue weighted by Gasteiger charge is 2.35. The van der Waals surface area contributed by atoms with Crippen LogP contribution in [0.1, 0.15) is 77.4 Å². The van der Waals surface area contributed by atoms with Crippen LogP contribution in [0.5, 0.6) is 0 Å². The summed E-state index contributed by atoms with van der Waals surface area (Å²) in [5.74, 6) is 1.47. The molecule has 10 rings (SSSR count). The molecule has 0 aliphatic carbocycles. The average molecular weight is 2110 g/mol. The maximum absolute atomic E-state index is 11.9. The number of nitrogen functional groups attached to an aromatic ring is 2. The highest BCUT2D eigenvalue weighted by atomic mass is 16.6. The average Bonchev–Trinajstić information content (AvgIpc) is 1.63. The summed E-state index contributed by atoms with van der Waals surface area (Å²) in [6.07, 6.45) is 9.43. The van der Waals surface area contributed by atoms with E-state index < -0.39 is 0 Å². The fraction of sp³-hybridized carbons (Fsp3) is 0.728. The van der Waals surface area contributed by atoms with Crippen LogP contribution < -0.4 is 31.9 Å². The zero-order valence-corrected chi connectivity index (χ0v) is 88.3. The Hall–Kier alpha value is -8.68. The molecule has 0 radical (unpaired) electrons. The summed E-state index contributed by atoms with van der Waals surface area (Å²) in [6, 6.07) is 12.8. The summed E-state index contributed by atoms with van der Waals surface area (Å²) in [7, 11) is 0. The lowest BCUT2D eigenvalue weighted by atomic mass is 10.1. The molecule has 4 aliphatic rings. The standard InChI is InChI=1S/C52H86N8O15.C51H82N8O15/c1-3-4-5-46-56-49-44-41-43(6-7-45(44)55-51(53)50(49)57-46)59-12-10-58(11-13-59)14-18-66-23-25-69-27-29-71-31-33-73-35-37-75-39-38-74-36-34-72-32-30-70-28-26-68-24-20-64-16-8-47(61)54-9-17-65-21-22-67-19-15-60-48(62)40-42(2)52(60)63;1-2-3-4-45-55-49-43-41-42(5-6-44(43)54-51(52)50(49)56-45)58-13-11-57(12-14-58)15-19-65-24-26-68-28-30-70-32-34-72-36-38-74-40-39-73-37-35-71-33-31-69-29-27-67-25-21-63-17-9-46(60)53-10-18-64-22-23-66-20-16-59-47(61)7-8-48(59)62/h6-7,41-42H,3-5,8-40H2,1-2H3,(H2,53,55)(H,54,61)(H,56,57);5-8,41H,2-4,9-40H2,1H3,(H2,52,54)(H,53,60)(H,55,56). The molecule has 149 heavy (non-hydrogen) atoms. The van der Waals surface area contributed by atoms with Crippen LogP contribution in [0, 0.1) is 5.92 Å². The van der Waals surface area contributed by atoms with Crippen LogP contribution in [0.4, 0.5) is 23.0 Å². The molecule has 8 heterocycles. The van der Waals surface area contributed by atoms with Gasteiger partial charge >= 0.3 is 0 Å². The number of benzene rings is 2. The second kappa shape index (κ2) is 79.3. The van der Waals surface area contributed by atoms with Gasteiger partial charge in [-0.25, -0.2) is 19.9 Å². The van der Waals surface area contributed by atoms with E-state index in [1.54, 1.807) is 6.92 Å². The number of pyridine rings is 2. The van der Waals surface area contributed by atoms with Crippen LogP contribution in [-0.4, -0.2) is 494 Å². The number of hydrogen-bond donors (Lipinski definition) is 6. The van der Waals surface area contributed by atoms with Gasteiger partial charge in [0.25, 0.3) is 11.8 Å². The minimum Gasteiger partial charge on any atom is -0.382 e. The SMILES string of the molecule is CCCCc1nc2c([nH]1)c(N)nc1ccc(N3CCN(CCOCCOCCOCCOCCOCCOCCOCCOCCOCCOCCC(=O)NCCOCCOCCN4C(=O)C=CC4=O)CC3)cc12.CCCCc1nc2c([nH]1)c(N)nc1ccc(N3CCN(CCOCCOCCOCCOCCOCCOCCOCCOCCOCCOCCC(=O)NCCOCCOCCN4C(=O)CC(C)C4=O)CC3)cc12. The number of fused-ring (bicyclic) bond motifs is 6. The number of piperazine rings is 2. The number of carbonyl (C=O) groups is 6. The van der Waals surface area contributed by atoms with E-state index in [1.165, 1.54) is 28.4 Å². The summed E-state index contributed by atoms with van der Waals surface area (Å²) in [5.41, 5.74) is 20.1. The van der Waals surface area contributed by atoms with Crippen LogP contribution >= 0.6 is 0 Å². The molecule has 4 aromatic heterocycles. The number of nitrogens with one attached hydrogen (secondary N) is 4. The summed E-state index contributed by atoms with van der Waals surface area (Å²) in [6.45, 7) is 38.3. The number of anilines is 4. The van der Waals surface area contributed by atoms with Crippen molar-refractivity contribution in [3.05, 3.63) is 60.2 Å². The Morgan fingerprint density at radius 3 is 0.872 bits per heavy atom. The first-order valence-electron chi connectivity index (χ1n) is 53.1. The van der Waals surface area contributed by atoms with Gasteiger partial charge in [-0.1, -0.05) is 33.6 Å². The van der Waals surface area contributed by atoms with E-state index in [4.69, 9.17) is 135 Å². The van der Waals surface area contributed by atoms with Gasteiger partial charge in [0.1, 0.15) is 45.4 Å². The van der Waals surface area contributed by atoms with E-state index in [0.717, 1.165) is 164 Å². The van der Waals surface area contributed by atoms with Crippen molar-refractivity contribution in [3.63, 3.8) is 0 Å². The van der Waals surface area contributed by atoms with E-state index in [9.17, 15) is 28.8 Å². The molecule has 46 nitrogen and oxygen atoms in total. The quantitative estimate of drug-likeness (QED) is 0.0232. The number of H-pyrrole nitrogens is 2. The molecule has 1 atom stereocenters. The van der Waals surface area contributed by atoms with Gasteiger partial charge in [-0.2, -0.15) is 0 Å². The fourth-order valence-electron chi connectivity index (χ4n) is 15.6. The predicted octanol–water partition coefficient (Wildman–Crippen LogP) is 4.05. The number of aromatic nitrogens is 6. The lowest BCUT2D eigenvalue weighted by molar-refractivity contribution is -0.140. The molecule has 0 saturated carbocycles. The normalized spacial score (nSPS) is 14.8. The van der Waals surface area contributed by atoms with Gasteiger partial charge in [-0.05, 0) is 49.2 Å². The molecule has 2 aromatic carbocycles. The summed E-state index contributed by atoms with van der Waals surface area (Å²) >= 11 is 0. The van der Waals surface area contributed by atoms with Gasteiger partial charge in [0.05, 0.1) is 341 Å². The first-order valence-corrected chi connectivity index (χ1v) is 53.1. The largest absolute Gasteiger partial charge is 0.382 e. The smallest absolute Gasteiger partial charge is 0.253 e. The molecule has 6 aromatic rings. The minimum absolute atomic E-state index is 0.125. The highest BCUT2D eigenvalue weighted by Crippen LogP contribution is 2.33. The van der Waals surface area contributed by atoms with Crippen LogP contribution in [-0.2, 0) is 155 Å². The Morgan fingerprint density at radius 1 is 0.336 bits per heavy atom. The molecule has 6 amide bonds. The van der Waals surface area contributed by atoms with Crippen molar-refractivity contribution in [3.8, 4) is 0 Å². The van der Waals surface area contributed by atoms with E-state index in [-0.39, 0.29) is 86.9 Å². The molecule has 8 N–H and O–H groups in total. The number of imidazole rings is 2. The number of amides is 6. The van der Waals surface area contributed by atoms with Crippen LogP contribution in [0.25, 0.3) is 43.9 Å². The Morgan fingerprint density at radius 2 is 0.597 bits per heavy atom. The Bertz CT molecular complexity index is 4610. The number of likely N-dealkylation sites (tertiary alicyclic amines) is 1. The van der Waals surface area contributed by atoms with E-state index >= 15 is 0 Å². The highest BCUT2D eigenvalue weighted by molar-refractivity contribution is 6.13. The number of imide groups is 2. The van der Waals surface area contributed by atoms with E-state index in [2.05, 4.69) is 100 Å². The summed E-state index contributed by atoms with van der Waals surface area (Å²) in [5, 5.41) is 7.60. The molecule has 1 unspecified atom stereocenters. The summed E-state index contributed by atoms with van der Waals surface area (Å²) < 4.78 is 133. The first-order chi connectivity index (χ1) is 73.3. The zero-order valence-electron chi connectivity index (χ0n) is 88.3. The third-order valence-electron chi connectivity index (χ3n) is 23.9. The van der Waals surface area contributed by atoms with Gasteiger partial charge < -0.3 is 156 Å². The number of unbranched alkanes of at least 4 members (excludes halogenated alkanes) is 2. The van der Waals surface area contributed by atoms with Gasteiger partial charge in [-0.3, -0.25) is 48.4 Å². The van der Waals surface area contributed by atoms with Gasteiger partial charge in [0.2, 0.25) is 23.6 Å². The fourth-order valence-corrected chi connectivity index (χ4v) is 15.6. The monoisotopic (exact) mass is 2110 g/mol. The zero-order chi connectivity index (χ0) is 105. The van der Waals surface area contributed by atoms with Crippen LogP contribution in [0.2, 0.25) is 0 Å². The number of aromatic amines is 2. The van der Waals surface area contributed by atoms with Crippen LogP contribution in [0.3, 0.4) is 0 Å². The molecular weight excluding hydrogens is 1940 g/mol. The Labute approximate surface area is 875 Å². The maximum atomic E-state index is 11.9. The number of carbonyl (C=O) groups excluding carboxylic acids is 6. The molecule has 4 aliphatic heterocycles. The molecule has 0 bridgehead atoms. The second-order valence-corrected chi connectivity index (χ2v) is 35.1. The van der Waals surface area contributed by atoms with E-state index in [0.29, 0.717) is 329 Å². The molecule has 46 heteroatoms. The van der Waals surface area contributed by atoms with Crippen molar-refractivity contribution in [2.45, 2.75) is 78.6 Å². The van der Waals surface area contributed by atoms with Crippen molar-refractivity contribution in [2.75, 3.05) is 430 Å².